The fourth-order valence-corrected chi connectivity index (χ4v) is 7.52. The molecule has 57 heavy (non-hydrogen) atoms. The first-order chi connectivity index (χ1) is 27.4. The molecule has 3 aromatic carbocycles. The number of fused-ring (bicyclic) bond motifs is 2. The summed E-state index contributed by atoms with van der Waals surface area (Å²) in [5.41, 5.74) is 10.2. The summed E-state index contributed by atoms with van der Waals surface area (Å²) in [4.78, 5) is 49.5. The van der Waals surface area contributed by atoms with Crippen LogP contribution in [0.2, 0.25) is 0 Å². The van der Waals surface area contributed by atoms with E-state index in [4.69, 9.17) is 29.8 Å². The number of halogens is 1. The summed E-state index contributed by atoms with van der Waals surface area (Å²) in [6.45, 7) is 5.24. The maximum absolute atomic E-state index is 12.9. The molecule has 3 N–H and O–H groups in total. The molecule has 5 heterocycles. The summed E-state index contributed by atoms with van der Waals surface area (Å²) in [5.74, 6) is 1.61. The number of nitrogens with zero attached hydrogens (tertiary/aromatic N) is 6. The van der Waals surface area contributed by atoms with E-state index in [0.717, 1.165) is 71.8 Å². The van der Waals surface area contributed by atoms with Crippen LogP contribution >= 0.6 is 12.4 Å². The number of anilines is 1. The predicted molar refractivity (Wildman–Crippen MR) is 213 cm³/mol. The van der Waals surface area contributed by atoms with Gasteiger partial charge in [0.1, 0.15) is 47.7 Å². The fraction of sp³-hybridized carbons (Fsp3) is 0.366. The summed E-state index contributed by atoms with van der Waals surface area (Å²) in [6, 6.07) is 22.3. The molecule has 298 valence electrons. The van der Waals surface area contributed by atoms with Crippen molar-refractivity contribution in [1.82, 2.24) is 34.9 Å². The first kappa shape index (κ1) is 39.6. The van der Waals surface area contributed by atoms with Gasteiger partial charge in [-0.2, -0.15) is 5.10 Å². The standard InChI is InChI=1S/C41H44N8O7.ClH/c42-38-36-37(27-6-8-31(9-7-27)56-30-4-2-1-3-5-30)46-49(39(36)44-26-43-38)29-14-16-47(17-15-29)18-19-53-20-21-54-22-23-55-32-10-11-33-28(24-32)25-48(41(33)52)34-12-13-35(50)45-40(34)51;/h1-11,24,26,29,34H,12-23,25H2,(H2,42,43,44)(H,45,50,51);1H. The van der Waals surface area contributed by atoms with Crippen molar-refractivity contribution >= 4 is 47.0 Å². The summed E-state index contributed by atoms with van der Waals surface area (Å²) in [7, 11) is 0. The topological polar surface area (TPSA) is 176 Å². The van der Waals surface area contributed by atoms with Gasteiger partial charge in [-0.3, -0.25) is 19.7 Å². The van der Waals surface area contributed by atoms with Gasteiger partial charge in [0.25, 0.3) is 5.91 Å². The summed E-state index contributed by atoms with van der Waals surface area (Å²) >= 11 is 0. The van der Waals surface area contributed by atoms with Gasteiger partial charge >= 0.3 is 0 Å². The van der Waals surface area contributed by atoms with Gasteiger partial charge in [0.2, 0.25) is 11.8 Å². The highest BCUT2D eigenvalue weighted by Gasteiger charge is 2.39. The number of amides is 3. The van der Waals surface area contributed by atoms with Gasteiger partial charge < -0.3 is 34.5 Å². The maximum atomic E-state index is 12.9. The van der Waals surface area contributed by atoms with Crippen molar-refractivity contribution < 1.29 is 33.3 Å². The Kier molecular flexibility index (Phi) is 12.6. The summed E-state index contributed by atoms with van der Waals surface area (Å²) < 4.78 is 25.4. The molecule has 0 saturated carbocycles. The molecule has 1 unspecified atom stereocenters. The number of imide groups is 1. The third-order valence-corrected chi connectivity index (χ3v) is 10.4. The lowest BCUT2D eigenvalue weighted by atomic mass is 10.0. The quantitative estimate of drug-likeness (QED) is 0.110. The second-order valence-corrected chi connectivity index (χ2v) is 14.1. The Hall–Kier alpha value is -5.61. The molecule has 0 aliphatic carbocycles. The molecule has 1 atom stereocenters. The van der Waals surface area contributed by atoms with E-state index in [9.17, 15) is 14.4 Å². The number of carbonyl (C=O) groups excluding carboxylic acids is 3. The Balaban J connectivity index is 0.00000496. The third-order valence-electron chi connectivity index (χ3n) is 10.4. The van der Waals surface area contributed by atoms with Crippen LogP contribution in [0, 0.1) is 0 Å². The van der Waals surface area contributed by atoms with Gasteiger partial charge in [0.15, 0.2) is 5.65 Å². The van der Waals surface area contributed by atoms with E-state index < -0.39 is 11.9 Å². The molecule has 3 amide bonds. The van der Waals surface area contributed by atoms with Crippen molar-refractivity contribution in [3.63, 3.8) is 0 Å². The smallest absolute Gasteiger partial charge is 0.255 e. The zero-order valence-electron chi connectivity index (χ0n) is 31.4. The summed E-state index contributed by atoms with van der Waals surface area (Å²) in [6.07, 6.45) is 3.90. The van der Waals surface area contributed by atoms with E-state index in [1.54, 1.807) is 12.1 Å². The Morgan fingerprint density at radius 2 is 1.53 bits per heavy atom. The number of nitrogens with two attached hydrogens (primary N) is 1. The lowest BCUT2D eigenvalue weighted by molar-refractivity contribution is -0.136. The van der Waals surface area contributed by atoms with E-state index in [-0.39, 0.29) is 36.7 Å². The van der Waals surface area contributed by atoms with Crippen LogP contribution in [0.5, 0.6) is 17.2 Å². The number of carbonyl (C=O) groups is 3. The molecular formula is C41H45ClN8O7. The van der Waals surface area contributed by atoms with Gasteiger partial charge in [0, 0.05) is 43.7 Å². The number of hydrogen-bond acceptors (Lipinski definition) is 12. The number of aromatic nitrogens is 4. The van der Waals surface area contributed by atoms with Crippen molar-refractivity contribution in [1.29, 1.82) is 0 Å². The van der Waals surface area contributed by atoms with Crippen LogP contribution in [0.4, 0.5) is 5.82 Å². The molecule has 3 aliphatic rings. The maximum Gasteiger partial charge on any atom is 0.255 e. The molecular weight excluding hydrogens is 752 g/mol. The van der Waals surface area contributed by atoms with Crippen molar-refractivity contribution in [2.24, 2.45) is 0 Å². The first-order valence-corrected chi connectivity index (χ1v) is 19.0. The highest BCUT2D eigenvalue weighted by Crippen LogP contribution is 2.35. The lowest BCUT2D eigenvalue weighted by Crippen LogP contribution is -2.52. The Morgan fingerprint density at radius 1 is 0.807 bits per heavy atom. The first-order valence-electron chi connectivity index (χ1n) is 19.0. The van der Waals surface area contributed by atoms with E-state index >= 15 is 0 Å². The highest BCUT2D eigenvalue weighted by molar-refractivity contribution is 6.05. The summed E-state index contributed by atoms with van der Waals surface area (Å²) in [5, 5.41) is 8.13. The van der Waals surface area contributed by atoms with Gasteiger partial charge in [-0.25, -0.2) is 14.6 Å². The molecule has 16 heteroatoms. The minimum absolute atomic E-state index is 0. The molecule has 2 fully saturated rings. The molecule has 3 aliphatic heterocycles. The van der Waals surface area contributed by atoms with Gasteiger partial charge in [0.05, 0.1) is 37.9 Å². The Bertz CT molecular complexity index is 2200. The van der Waals surface area contributed by atoms with Crippen LogP contribution in [0.25, 0.3) is 22.3 Å². The Labute approximate surface area is 335 Å². The molecule has 15 nitrogen and oxygen atoms in total. The number of nitrogens with one attached hydrogen (secondary N) is 1. The van der Waals surface area contributed by atoms with Crippen molar-refractivity contribution in [3.05, 3.63) is 90.3 Å². The zero-order chi connectivity index (χ0) is 38.4. The minimum atomic E-state index is -0.642. The van der Waals surface area contributed by atoms with Crippen LogP contribution < -0.4 is 20.5 Å². The molecule has 2 aromatic heterocycles. The molecule has 0 radical (unpaired) electrons. The van der Waals surface area contributed by atoms with Crippen LogP contribution in [0.3, 0.4) is 0 Å². The van der Waals surface area contributed by atoms with Crippen molar-refractivity contribution in [2.45, 2.75) is 44.3 Å². The van der Waals surface area contributed by atoms with Crippen LogP contribution in [0.1, 0.15) is 47.6 Å². The largest absolute Gasteiger partial charge is 0.491 e. The number of para-hydroxylation sites is 1. The van der Waals surface area contributed by atoms with Crippen LogP contribution in [-0.4, -0.2) is 106 Å². The van der Waals surface area contributed by atoms with Gasteiger partial charge in [-0.1, -0.05) is 18.2 Å². The number of hydrogen-bond donors (Lipinski definition) is 2. The number of nitrogen functional groups attached to an aromatic ring is 1. The minimum Gasteiger partial charge on any atom is -0.491 e. The second kappa shape index (κ2) is 18.1. The average molecular weight is 797 g/mol. The van der Waals surface area contributed by atoms with E-state index in [2.05, 4.69) is 20.2 Å². The van der Waals surface area contributed by atoms with E-state index in [1.807, 2.05) is 65.3 Å². The molecule has 0 spiro atoms. The number of likely N-dealkylation sites (tertiary alicyclic amines) is 1. The predicted octanol–water partition coefficient (Wildman–Crippen LogP) is 4.80. The lowest BCUT2D eigenvalue weighted by Gasteiger charge is -2.32. The molecule has 5 aromatic rings. The van der Waals surface area contributed by atoms with E-state index in [1.165, 1.54) is 11.2 Å². The zero-order valence-corrected chi connectivity index (χ0v) is 32.2. The normalized spacial score (nSPS) is 17.4. The SMILES string of the molecule is Cl.Nc1ncnc2c1c(-c1ccc(Oc3ccccc3)cc1)nn2C1CCN(CCOCCOCCOc2ccc3c(c2)CN(C2CCC(=O)NC2=O)C3=O)CC1. The van der Waals surface area contributed by atoms with E-state index in [0.29, 0.717) is 63.1 Å². The Morgan fingerprint density at radius 3 is 2.30 bits per heavy atom. The average Bonchev–Trinajstić information content (AvgIpc) is 3.76. The fourth-order valence-electron chi connectivity index (χ4n) is 7.52. The van der Waals surface area contributed by atoms with Crippen LogP contribution in [0.15, 0.2) is 79.1 Å². The van der Waals surface area contributed by atoms with Crippen molar-refractivity contribution in [3.8, 4) is 28.5 Å². The number of benzene rings is 3. The van der Waals surface area contributed by atoms with Crippen LogP contribution in [-0.2, 0) is 25.6 Å². The monoisotopic (exact) mass is 796 g/mol. The van der Waals surface area contributed by atoms with Gasteiger partial charge in [-0.15, -0.1) is 12.4 Å². The molecule has 2 saturated heterocycles. The number of piperidine rings is 2. The molecule has 0 bridgehead atoms. The third kappa shape index (κ3) is 9.02. The second-order valence-electron chi connectivity index (χ2n) is 14.1. The number of rotatable bonds is 15. The highest BCUT2D eigenvalue weighted by atomic mass is 35.5. The van der Waals surface area contributed by atoms with Gasteiger partial charge in [-0.05, 0) is 79.4 Å². The number of ether oxygens (including phenoxy) is 4. The van der Waals surface area contributed by atoms with Crippen molar-refractivity contribution in [2.75, 3.05) is 58.4 Å². The molecule has 8 rings (SSSR count).